The van der Waals surface area contributed by atoms with E-state index in [0.29, 0.717) is 0 Å². The number of rotatable bonds is 5. The molecule has 0 saturated carbocycles. The maximum atomic E-state index is 4.23. The first-order chi connectivity index (χ1) is 6.79. The summed E-state index contributed by atoms with van der Waals surface area (Å²) in [5.74, 6) is 0. The molecule has 0 aromatic rings. The van der Waals surface area contributed by atoms with Crippen LogP contribution in [-0.2, 0) is 0 Å². The van der Waals surface area contributed by atoms with Crippen LogP contribution in [0, 0.1) is 0 Å². The molecule has 0 aliphatic carbocycles. The van der Waals surface area contributed by atoms with E-state index >= 15 is 0 Å². The molecule has 1 heteroatoms. The Labute approximate surface area is 86.6 Å². The van der Waals surface area contributed by atoms with Gasteiger partial charge in [-0.05, 0) is 25.5 Å². The van der Waals surface area contributed by atoms with Gasteiger partial charge in [-0.1, -0.05) is 43.5 Å². The minimum Gasteiger partial charge on any atom is -0.261 e. The van der Waals surface area contributed by atoms with E-state index in [4.69, 9.17) is 0 Å². The van der Waals surface area contributed by atoms with Crippen molar-refractivity contribution in [2.45, 2.75) is 13.8 Å². The molecule has 0 atom stereocenters. The molecule has 14 heavy (non-hydrogen) atoms. The molecule has 0 N–H and O–H groups in total. The van der Waals surface area contributed by atoms with E-state index in [-0.39, 0.29) is 0 Å². The van der Waals surface area contributed by atoms with Crippen LogP contribution in [0.1, 0.15) is 13.8 Å². The van der Waals surface area contributed by atoms with E-state index in [9.17, 15) is 0 Å². The predicted octanol–water partition coefficient (Wildman–Crippen LogP) is 3.84. The van der Waals surface area contributed by atoms with Gasteiger partial charge in [0.25, 0.3) is 0 Å². The second-order valence-electron chi connectivity index (χ2n) is 2.53. The van der Waals surface area contributed by atoms with Crippen molar-refractivity contribution in [3.8, 4) is 0 Å². The fourth-order valence-corrected chi connectivity index (χ4v) is 0.922. The first-order valence-corrected chi connectivity index (χ1v) is 4.57. The van der Waals surface area contributed by atoms with Gasteiger partial charge in [-0.2, -0.15) is 0 Å². The lowest BCUT2D eigenvalue weighted by atomic mass is 10.1. The Morgan fingerprint density at radius 2 is 1.86 bits per heavy atom. The van der Waals surface area contributed by atoms with E-state index in [0.717, 1.165) is 11.3 Å². The van der Waals surface area contributed by atoms with Crippen LogP contribution < -0.4 is 0 Å². The zero-order valence-electron chi connectivity index (χ0n) is 8.90. The van der Waals surface area contributed by atoms with Crippen molar-refractivity contribution < 1.29 is 0 Å². The fraction of sp³-hybridized carbons (Fsp3) is 0.154. The molecule has 1 nitrogen and oxygen atoms in total. The van der Waals surface area contributed by atoms with Crippen LogP contribution in [0.25, 0.3) is 0 Å². The van der Waals surface area contributed by atoms with Gasteiger partial charge in [-0.15, -0.1) is 0 Å². The highest BCUT2D eigenvalue weighted by atomic mass is 14.7. The lowest BCUT2D eigenvalue weighted by Crippen LogP contribution is -1.82. The van der Waals surface area contributed by atoms with Crippen LogP contribution in [0.5, 0.6) is 0 Å². The molecule has 0 aliphatic heterocycles. The van der Waals surface area contributed by atoms with Gasteiger partial charge in [0.05, 0.1) is 5.70 Å². The summed E-state index contributed by atoms with van der Waals surface area (Å²) in [5.41, 5.74) is 1.86. The monoisotopic (exact) mass is 187 g/mol. The van der Waals surface area contributed by atoms with E-state index in [2.05, 4.69) is 18.2 Å². The van der Waals surface area contributed by atoms with Crippen LogP contribution in [0.3, 0.4) is 0 Å². The Balaban J connectivity index is 5.04. The van der Waals surface area contributed by atoms with Gasteiger partial charge in [-0.25, -0.2) is 0 Å². The van der Waals surface area contributed by atoms with Gasteiger partial charge in [0, 0.05) is 6.21 Å². The summed E-state index contributed by atoms with van der Waals surface area (Å²) in [6.45, 7) is 11.2. The maximum Gasteiger partial charge on any atom is 0.0697 e. The molecule has 0 aromatic carbocycles. The minimum absolute atomic E-state index is 0.871. The molecule has 0 radical (unpaired) electrons. The number of aliphatic imine (C=N–C) groups is 1. The number of hydrogen-bond donors (Lipinski definition) is 0. The lowest BCUT2D eigenvalue weighted by molar-refractivity contribution is 1.35. The van der Waals surface area contributed by atoms with E-state index in [1.807, 2.05) is 38.2 Å². The Kier molecular flexibility index (Phi) is 7.06. The van der Waals surface area contributed by atoms with Gasteiger partial charge in [-0.3, -0.25) is 4.99 Å². The van der Waals surface area contributed by atoms with Crippen LogP contribution >= 0.6 is 0 Å². The molecular formula is C13H17N. The molecule has 0 spiro atoms. The molecule has 0 amide bonds. The standard InChI is InChI=1S/C13H17N/c1-5-9-11-12(7-3)13(10-6-2)14-8-4/h5-11H,2-3H2,1,4H3/b9-5-,12-11-,13-10+,14-8?. The lowest BCUT2D eigenvalue weighted by Gasteiger charge is -2.00. The fourth-order valence-electron chi connectivity index (χ4n) is 0.922. The molecule has 0 aliphatic rings. The molecular weight excluding hydrogens is 170 g/mol. The van der Waals surface area contributed by atoms with Crippen molar-refractivity contribution in [3.05, 3.63) is 60.9 Å². The second kappa shape index (κ2) is 7.99. The average Bonchev–Trinajstić information content (AvgIpc) is 2.19. The first kappa shape index (κ1) is 12.4. The largest absolute Gasteiger partial charge is 0.261 e. The molecule has 74 valence electrons. The molecule has 0 bridgehead atoms. The zero-order valence-corrected chi connectivity index (χ0v) is 8.90. The molecule has 0 aromatic heterocycles. The Morgan fingerprint density at radius 3 is 2.29 bits per heavy atom. The van der Waals surface area contributed by atoms with Gasteiger partial charge in [0.2, 0.25) is 0 Å². The molecule has 0 unspecified atom stereocenters. The Bertz CT molecular complexity index is 301. The van der Waals surface area contributed by atoms with Gasteiger partial charge < -0.3 is 0 Å². The normalized spacial score (nSPS) is 13.9. The van der Waals surface area contributed by atoms with Crippen molar-refractivity contribution in [2.24, 2.45) is 4.99 Å². The highest BCUT2D eigenvalue weighted by Gasteiger charge is 1.95. The quantitative estimate of drug-likeness (QED) is 0.458. The highest BCUT2D eigenvalue weighted by Crippen LogP contribution is 2.12. The summed E-state index contributed by atoms with van der Waals surface area (Å²) in [5, 5.41) is 0. The summed E-state index contributed by atoms with van der Waals surface area (Å²) in [6.07, 6.45) is 13.0. The molecule has 0 fully saturated rings. The third-order valence-corrected chi connectivity index (χ3v) is 1.53. The van der Waals surface area contributed by atoms with Crippen molar-refractivity contribution in [2.75, 3.05) is 0 Å². The van der Waals surface area contributed by atoms with Gasteiger partial charge in [0.15, 0.2) is 0 Å². The molecule has 0 rings (SSSR count). The van der Waals surface area contributed by atoms with Crippen LogP contribution in [0.2, 0.25) is 0 Å². The van der Waals surface area contributed by atoms with Crippen molar-refractivity contribution >= 4 is 6.21 Å². The summed E-state index contributed by atoms with van der Waals surface area (Å²) in [6, 6.07) is 0. The average molecular weight is 187 g/mol. The maximum absolute atomic E-state index is 4.23. The van der Waals surface area contributed by atoms with Crippen molar-refractivity contribution in [1.29, 1.82) is 0 Å². The van der Waals surface area contributed by atoms with Crippen LogP contribution in [0.15, 0.2) is 65.9 Å². The summed E-state index contributed by atoms with van der Waals surface area (Å²) >= 11 is 0. The highest BCUT2D eigenvalue weighted by molar-refractivity contribution is 5.58. The predicted molar refractivity (Wildman–Crippen MR) is 65.5 cm³/mol. The Hall–Kier alpha value is -1.63. The topological polar surface area (TPSA) is 12.4 Å². The summed E-state index contributed by atoms with van der Waals surface area (Å²) in [4.78, 5) is 4.23. The third-order valence-electron chi connectivity index (χ3n) is 1.53. The van der Waals surface area contributed by atoms with Gasteiger partial charge in [0.1, 0.15) is 0 Å². The summed E-state index contributed by atoms with van der Waals surface area (Å²) in [7, 11) is 0. The first-order valence-electron chi connectivity index (χ1n) is 4.57. The number of allylic oxidation sites excluding steroid dienone is 6. The zero-order chi connectivity index (χ0) is 10.8. The number of hydrogen-bond acceptors (Lipinski definition) is 1. The van der Waals surface area contributed by atoms with Crippen molar-refractivity contribution in [3.63, 3.8) is 0 Å². The van der Waals surface area contributed by atoms with E-state index in [1.165, 1.54) is 0 Å². The van der Waals surface area contributed by atoms with Crippen LogP contribution in [0.4, 0.5) is 0 Å². The number of nitrogens with zero attached hydrogens (tertiary/aromatic N) is 1. The smallest absolute Gasteiger partial charge is 0.0697 e. The minimum atomic E-state index is 0.871. The van der Waals surface area contributed by atoms with Crippen LogP contribution in [-0.4, -0.2) is 6.21 Å². The third kappa shape index (κ3) is 4.41. The SMILES string of the molecule is C=C\C=C(N=CC)/C(C=C)=C\C=C/C. The van der Waals surface area contributed by atoms with E-state index in [1.54, 1.807) is 18.4 Å². The molecule has 0 heterocycles. The second-order valence-corrected chi connectivity index (χ2v) is 2.53. The molecule has 0 saturated heterocycles. The Morgan fingerprint density at radius 1 is 1.14 bits per heavy atom. The van der Waals surface area contributed by atoms with Crippen molar-refractivity contribution in [1.82, 2.24) is 0 Å². The summed E-state index contributed by atoms with van der Waals surface area (Å²) < 4.78 is 0. The van der Waals surface area contributed by atoms with E-state index < -0.39 is 0 Å². The van der Waals surface area contributed by atoms with Gasteiger partial charge >= 0.3 is 0 Å².